The molecule has 0 bridgehead atoms. The SMILES string of the molecule is O=C1CC(C2CCN(C(=O)N[C@H]3CCC[C@@H](C(=O)O)C3)CC2)CN1. The smallest absolute Gasteiger partial charge is 0.317 e. The van der Waals surface area contributed by atoms with E-state index in [4.69, 9.17) is 5.11 Å². The van der Waals surface area contributed by atoms with Crippen molar-refractivity contribution in [2.75, 3.05) is 19.6 Å². The Morgan fingerprint density at radius 3 is 2.50 bits per heavy atom. The first-order valence-corrected chi connectivity index (χ1v) is 9.08. The molecule has 0 aromatic heterocycles. The van der Waals surface area contributed by atoms with Gasteiger partial charge in [-0.1, -0.05) is 6.42 Å². The van der Waals surface area contributed by atoms with Gasteiger partial charge in [0.1, 0.15) is 0 Å². The van der Waals surface area contributed by atoms with E-state index in [1.807, 2.05) is 4.90 Å². The summed E-state index contributed by atoms with van der Waals surface area (Å²) in [6.07, 6.45) is 5.46. The molecule has 0 aromatic carbocycles. The van der Waals surface area contributed by atoms with Crippen LogP contribution in [0, 0.1) is 17.8 Å². The summed E-state index contributed by atoms with van der Waals surface area (Å²) in [5.74, 6) is -0.0152. The third-order valence-electron chi connectivity index (χ3n) is 5.85. The largest absolute Gasteiger partial charge is 0.481 e. The van der Waals surface area contributed by atoms with Crippen molar-refractivity contribution in [1.29, 1.82) is 0 Å². The molecular formula is C17H27N3O4. The topological polar surface area (TPSA) is 98.7 Å². The maximum atomic E-state index is 12.4. The quantitative estimate of drug-likeness (QED) is 0.720. The number of urea groups is 1. The predicted molar refractivity (Wildman–Crippen MR) is 87.3 cm³/mol. The molecular weight excluding hydrogens is 310 g/mol. The molecule has 1 saturated carbocycles. The van der Waals surface area contributed by atoms with Gasteiger partial charge < -0.3 is 20.6 Å². The van der Waals surface area contributed by atoms with Crippen molar-refractivity contribution in [2.24, 2.45) is 17.8 Å². The van der Waals surface area contributed by atoms with Gasteiger partial charge in [0.2, 0.25) is 5.91 Å². The van der Waals surface area contributed by atoms with Crippen LogP contribution in [0.15, 0.2) is 0 Å². The van der Waals surface area contributed by atoms with Crippen molar-refractivity contribution in [1.82, 2.24) is 15.5 Å². The van der Waals surface area contributed by atoms with E-state index in [9.17, 15) is 14.4 Å². The van der Waals surface area contributed by atoms with Crippen LogP contribution in [-0.4, -0.2) is 53.6 Å². The van der Waals surface area contributed by atoms with Crippen LogP contribution in [0.5, 0.6) is 0 Å². The summed E-state index contributed by atoms with van der Waals surface area (Å²) in [7, 11) is 0. The molecule has 0 spiro atoms. The van der Waals surface area contributed by atoms with Crippen LogP contribution < -0.4 is 10.6 Å². The Morgan fingerprint density at radius 1 is 1.12 bits per heavy atom. The van der Waals surface area contributed by atoms with Crippen molar-refractivity contribution < 1.29 is 19.5 Å². The summed E-state index contributed by atoms with van der Waals surface area (Å²) < 4.78 is 0. The lowest BCUT2D eigenvalue weighted by Crippen LogP contribution is -2.49. The fourth-order valence-corrected chi connectivity index (χ4v) is 4.35. The Morgan fingerprint density at radius 2 is 1.88 bits per heavy atom. The highest BCUT2D eigenvalue weighted by Crippen LogP contribution is 2.30. The first kappa shape index (κ1) is 17.0. The van der Waals surface area contributed by atoms with E-state index in [2.05, 4.69) is 10.6 Å². The number of hydrogen-bond donors (Lipinski definition) is 3. The minimum Gasteiger partial charge on any atom is -0.481 e. The summed E-state index contributed by atoms with van der Waals surface area (Å²) >= 11 is 0. The lowest BCUT2D eigenvalue weighted by molar-refractivity contribution is -0.143. The van der Waals surface area contributed by atoms with Crippen molar-refractivity contribution in [3.05, 3.63) is 0 Å². The molecule has 134 valence electrons. The van der Waals surface area contributed by atoms with Crippen LogP contribution in [0.4, 0.5) is 4.79 Å². The second kappa shape index (κ2) is 7.40. The van der Waals surface area contributed by atoms with E-state index in [0.717, 1.165) is 45.3 Å². The molecule has 3 aliphatic rings. The molecule has 3 rings (SSSR count). The predicted octanol–water partition coefficient (Wildman–Crippen LogP) is 1.19. The zero-order valence-electron chi connectivity index (χ0n) is 14.0. The van der Waals surface area contributed by atoms with E-state index in [1.54, 1.807) is 0 Å². The number of hydrogen-bond acceptors (Lipinski definition) is 3. The van der Waals surface area contributed by atoms with E-state index in [1.165, 1.54) is 0 Å². The molecule has 3 amide bonds. The van der Waals surface area contributed by atoms with E-state index >= 15 is 0 Å². The van der Waals surface area contributed by atoms with Crippen LogP contribution in [0.2, 0.25) is 0 Å². The van der Waals surface area contributed by atoms with Gasteiger partial charge in [-0.15, -0.1) is 0 Å². The average molecular weight is 337 g/mol. The number of likely N-dealkylation sites (tertiary alicyclic amines) is 1. The maximum absolute atomic E-state index is 12.4. The van der Waals surface area contributed by atoms with Gasteiger partial charge in [-0.25, -0.2) is 4.79 Å². The lowest BCUT2D eigenvalue weighted by atomic mass is 9.83. The highest BCUT2D eigenvalue weighted by molar-refractivity contribution is 5.78. The average Bonchev–Trinajstić information content (AvgIpc) is 3.01. The molecule has 1 aliphatic carbocycles. The number of carbonyl (C=O) groups excluding carboxylic acids is 2. The number of aliphatic carboxylic acids is 1. The zero-order valence-corrected chi connectivity index (χ0v) is 14.0. The van der Waals surface area contributed by atoms with Crippen molar-refractivity contribution in [2.45, 2.75) is 51.0 Å². The first-order chi connectivity index (χ1) is 11.5. The highest BCUT2D eigenvalue weighted by Gasteiger charge is 2.34. The molecule has 0 aromatic rings. The van der Waals surface area contributed by atoms with Crippen LogP contribution in [0.3, 0.4) is 0 Å². The van der Waals surface area contributed by atoms with E-state index < -0.39 is 5.97 Å². The monoisotopic (exact) mass is 337 g/mol. The Labute approximate surface area is 142 Å². The second-order valence-electron chi connectivity index (χ2n) is 7.44. The molecule has 7 heteroatoms. The fourth-order valence-electron chi connectivity index (χ4n) is 4.35. The third kappa shape index (κ3) is 3.99. The summed E-state index contributed by atoms with van der Waals surface area (Å²) in [6, 6.07) is -0.0909. The summed E-state index contributed by atoms with van der Waals surface area (Å²) in [5, 5.41) is 15.0. The minimum absolute atomic E-state index is 0.0262. The van der Waals surface area contributed by atoms with Crippen LogP contribution in [-0.2, 0) is 9.59 Å². The van der Waals surface area contributed by atoms with Gasteiger partial charge in [-0.05, 0) is 43.9 Å². The Bertz CT molecular complexity index is 502. The third-order valence-corrected chi connectivity index (χ3v) is 5.85. The number of carboxylic acids is 1. The Hall–Kier alpha value is -1.79. The molecule has 2 aliphatic heterocycles. The number of piperidine rings is 1. The molecule has 0 radical (unpaired) electrons. The molecule has 1 unspecified atom stereocenters. The highest BCUT2D eigenvalue weighted by atomic mass is 16.4. The molecule has 7 nitrogen and oxygen atoms in total. The number of amides is 3. The summed E-state index contributed by atoms with van der Waals surface area (Å²) in [4.78, 5) is 36.7. The number of carboxylic acid groups (broad SMARTS) is 1. The van der Waals surface area contributed by atoms with Crippen LogP contribution >= 0.6 is 0 Å². The second-order valence-corrected chi connectivity index (χ2v) is 7.44. The fraction of sp³-hybridized carbons (Fsp3) is 0.824. The Balaban J connectivity index is 1.43. The van der Waals surface area contributed by atoms with Gasteiger partial charge in [-0.2, -0.15) is 0 Å². The van der Waals surface area contributed by atoms with Gasteiger partial charge in [0.25, 0.3) is 0 Å². The molecule has 3 atom stereocenters. The standard InChI is InChI=1S/C17H27N3O4/c21-15-9-13(10-18-15)11-4-6-20(7-5-11)17(24)19-14-3-1-2-12(8-14)16(22)23/h11-14H,1-10H2,(H,18,21)(H,19,24)(H,22,23)/t12-,13?,14+/m1/s1. The zero-order chi connectivity index (χ0) is 17.1. The van der Waals surface area contributed by atoms with Gasteiger partial charge in [0, 0.05) is 32.1 Å². The van der Waals surface area contributed by atoms with E-state index in [0.29, 0.717) is 31.1 Å². The number of carbonyl (C=O) groups is 3. The lowest BCUT2D eigenvalue weighted by Gasteiger charge is -2.36. The number of nitrogens with zero attached hydrogens (tertiary/aromatic N) is 1. The molecule has 2 saturated heterocycles. The molecule has 3 N–H and O–H groups in total. The Kier molecular flexibility index (Phi) is 5.26. The normalized spacial score (nSPS) is 31.6. The first-order valence-electron chi connectivity index (χ1n) is 9.08. The summed E-state index contributed by atoms with van der Waals surface area (Å²) in [5.41, 5.74) is 0. The summed E-state index contributed by atoms with van der Waals surface area (Å²) in [6.45, 7) is 2.21. The molecule has 3 fully saturated rings. The number of nitrogens with one attached hydrogen (secondary N) is 2. The van der Waals surface area contributed by atoms with Crippen LogP contribution in [0.25, 0.3) is 0 Å². The molecule has 24 heavy (non-hydrogen) atoms. The van der Waals surface area contributed by atoms with Gasteiger partial charge in [0.15, 0.2) is 0 Å². The molecule has 2 heterocycles. The minimum atomic E-state index is -0.755. The van der Waals surface area contributed by atoms with Gasteiger partial charge >= 0.3 is 12.0 Å². The maximum Gasteiger partial charge on any atom is 0.317 e. The van der Waals surface area contributed by atoms with Gasteiger partial charge in [-0.3, -0.25) is 9.59 Å². The van der Waals surface area contributed by atoms with Crippen molar-refractivity contribution in [3.63, 3.8) is 0 Å². The van der Waals surface area contributed by atoms with Crippen molar-refractivity contribution >= 4 is 17.9 Å². The van der Waals surface area contributed by atoms with E-state index in [-0.39, 0.29) is 23.9 Å². The van der Waals surface area contributed by atoms with Crippen molar-refractivity contribution in [3.8, 4) is 0 Å². The van der Waals surface area contributed by atoms with Crippen LogP contribution in [0.1, 0.15) is 44.9 Å². The van der Waals surface area contributed by atoms with Gasteiger partial charge in [0.05, 0.1) is 5.92 Å². The number of rotatable bonds is 3.